The first-order valence-corrected chi connectivity index (χ1v) is 7.79. The van der Waals surface area contributed by atoms with Gasteiger partial charge in [0.2, 0.25) is 11.7 Å². The second-order valence-corrected chi connectivity index (χ2v) is 6.32. The molecule has 112 valence electrons. The molecule has 2 aromatic rings. The molecule has 0 atom stereocenters. The smallest absolute Gasteiger partial charge is 0.247 e. The molecule has 0 aromatic carbocycles. The van der Waals surface area contributed by atoms with Crippen LogP contribution in [0, 0.1) is 0 Å². The van der Waals surface area contributed by atoms with Gasteiger partial charge >= 0.3 is 0 Å². The average Bonchev–Trinajstić information content (AvgIpc) is 2.83. The fourth-order valence-corrected chi connectivity index (χ4v) is 3.14. The minimum absolute atomic E-state index is 0.348. The van der Waals surface area contributed by atoms with Crippen LogP contribution in [0.2, 0.25) is 10.0 Å². The van der Waals surface area contributed by atoms with E-state index in [1.54, 1.807) is 6.07 Å². The van der Waals surface area contributed by atoms with E-state index in [4.69, 9.17) is 33.5 Å². The van der Waals surface area contributed by atoms with Gasteiger partial charge in [0, 0.05) is 6.20 Å². The Balaban J connectivity index is 1.92. The van der Waals surface area contributed by atoms with Crippen LogP contribution in [0.3, 0.4) is 0 Å². The van der Waals surface area contributed by atoms with Crippen LogP contribution >= 0.6 is 23.2 Å². The normalized spacial score (nSPS) is 18.4. The first-order chi connectivity index (χ1) is 10.1. The largest absolute Gasteiger partial charge is 0.337 e. The van der Waals surface area contributed by atoms with Crippen molar-refractivity contribution < 1.29 is 4.52 Å². The molecule has 1 fully saturated rings. The van der Waals surface area contributed by atoms with Crippen molar-refractivity contribution >= 4 is 23.2 Å². The summed E-state index contributed by atoms with van der Waals surface area (Å²) in [6.07, 6.45) is 7.77. The molecule has 0 aliphatic heterocycles. The highest BCUT2D eigenvalue weighted by Crippen LogP contribution is 2.34. The molecule has 3 rings (SSSR count). The van der Waals surface area contributed by atoms with Gasteiger partial charge in [0.25, 0.3) is 0 Å². The monoisotopic (exact) mass is 326 g/mol. The van der Waals surface area contributed by atoms with Crippen LogP contribution in [0.5, 0.6) is 0 Å². The van der Waals surface area contributed by atoms with Gasteiger partial charge in [0.05, 0.1) is 15.6 Å². The highest BCUT2D eigenvalue weighted by molar-refractivity contribution is 6.35. The summed E-state index contributed by atoms with van der Waals surface area (Å²) >= 11 is 12.0. The second-order valence-electron chi connectivity index (χ2n) is 5.48. The number of nitrogens with two attached hydrogens (primary N) is 1. The van der Waals surface area contributed by atoms with Crippen molar-refractivity contribution in [2.75, 3.05) is 0 Å². The molecule has 0 bridgehead atoms. The Morgan fingerprint density at radius 1 is 1.14 bits per heavy atom. The molecule has 21 heavy (non-hydrogen) atoms. The van der Waals surface area contributed by atoms with E-state index in [0.29, 0.717) is 27.5 Å². The molecule has 0 saturated heterocycles. The highest BCUT2D eigenvalue weighted by atomic mass is 35.5. The molecule has 1 aliphatic rings. The number of aromatic nitrogens is 3. The molecular formula is C14H16Cl2N4O. The summed E-state index contributed by atoms with van der Waals surface area (Å²) in [5, 5.41) is 4.83. The van der Waals surface area contributed by atoms with Gasteiger partial charge in [-0.1, -0.05) is 54.0 Å². The summed E-state index contributed by atoms with van der Waals surface area (Å²) in [5.74, 6) is 0.813. The van der Waals surface area contributed by atoms with E-state index < -0.39 is 5.54 Å². The summed E-state index contributed by atoms with van der Waals surface area (Å²) in [4.78, 5) is 8.57. The first kappa shape index (κ1) is 14.8. The van der Waals surface area contributed by atoms with Crippen LogP contribution in [-0.4, -0.2) is 15.1 Å². The fraction of sp³-hybridized carbons (Fsp3) is 0.500. The third-order valence-electron chi connectivity index (χ3n) is 3.87. The Labute approximate surface area is 132 Å². The average molecular weight is 327 g/mol. The number of hydrogen-bond donors (Lipinski definition) is 1. The van der Waals surface area contributed by atoms with Gasteiger partial charge < -0.3 is 10.3 Å². The molecule has 7 heteroatoms. The van der Waals surface area contributed by atoms with Crippen LogP contribution in [0.1, 0.15) is 44.4 Å². The standard InChI is InChI=1S/C14H16Cl2N4O/c15-9-7-10(16)11(18-8-9)12-19-13(21-20-12)14(17)5-3-1-2-4-6-14/h7-8H,1-6,17H2. The quantitative estimate of drug-likeness (QED) is 0.845. The van der Waals surface area contributed by atoms with Gasteiger partial charge in [-0.05, 0) is 18.9 Å². The number of rotatable bonds is 2. The minimum Gasteiger partial charge on any atom is -0.337 e. The van der Waals surface area contributed by atoms with Gasteiger partial charge in [0.1, 0.15) is 5.69 Å². The maximum atomic E-state index is 6.46. The topological polar surface area (TPSA) is 77.8 Å². The Kier molecular flexibility index (Phi) is 4.15. The molecule has 0 radical (unpaired) electrons. The molecule has 2 aromatic heterocycles. The van der Waals surface area contributed by atoms with Gasteiger partial charge in [-0.15, -0.1) is 0 Å². The lowest BCUT2D eigenvalue weighted by atomic mass is 9.91. The van der Waals surface area contributed by atoms with E-state index in [1.165, 1.54) is 19.0 Å². The molecule has 5 nitrogen and oxygen atoms in total. The fourth-order valence-electron chi connectivity index (χ4n) is 2.67. The van der Waals surface area contributed by atoms with E-state index >= 15 is 0 Å². The van der Waals surface area contributed by atoms with Crippen molar-refractivity contribution in [2.45, 2.75) is 44.1 Å². The third kappa shape index (κ3) is 3.05. The maximum absolute atomic E-state index is 6.46. The third-order valence-corrected chi connectivity index (χ3v) is 4.36. The van der Waals surface area contributed by atoms with E-state index in [1.807, 2.05) is 0 Å². The number of pyridine rings is 1. The van der Waals surface area contributed by atoms with Gasteiger partial charge in [0.15, 0.2) is 0 Å². The predicted octanol–water partition coefficient (Wildman–Crippen LogP) is 3.95. The molecular weight excluding hydrogens is 311 g/mol. The Hall–Kier alpha value is -1.17. The van der Waals surface area contributed by atoms with E-state index in [2.05, 4.69) is 15.1 Å². The Morgan fingerprint density at radius 3 is 2.52 bits per heavy atom. The summed E-state index contributed by atoms with van der Waals surface area (Å²) in [5.41, 5.74) is 6.37. The van der Waals surface area contributed by atoms with Gasteiger partial charge in [-0.25, -0.2) is 4.98 Å². The number of nitrogens with zero attached hydrogens (tertiary/aromatic N) is 3. The van der Waals surface area contributed by atoms with Crippen LogP contribution in [-0.2, 0) is 5.54 Å². The maximum Gasteiger partial charge on any atom is 0.247 e. The molecule has 1 aliphatic carbocycles. The van der Waals surface area contributed by atoms with E-state index in [0.717, 1.165) is 25.7 Å². The minimum atomic E-state index is -0.541. The van der Waals surface area contributed by atoms with Gasteiger partial charge in [-0.2, -0.15) is 4.98 Å². The zero-order valence-corrected chi connectivity index (χ0v) is 13.0. The van der Waals surface area contributed by atoms with Crippen molar-refractivity contribution in [1.82, 2.24) is 15.1 Å². The Morgan fingerprint density at radius 2 is 1.86 bits per heavy atom. The zero-order chi connectivity index (χ0) is 14.9. The van der Waals surface area contributed by atoms with Crippen LogP contribution < -0.4 is 5.73 Å². The summed E-state index contributed by atoms with van der Waals surface area (Å²) in [7, 11) is 0. The lowest BCUT2D eigenvalue weighted by molar-refractivity contribution is 0.257. The molecule has 0 unspecified atom stereocenters. The number of hydrogen-bond acceptors (Lipinski definition) is 5. The molecule has 2 heterocycles. The van der Waals surface area contributed by atoms with Crippen LogP contribution in [0.15, 0.2) is 16.8 Å². The predicted molar refractivity (Wildman–Crippen MR) is 81.1 cm³/mol. The van der Waals surface area contributed by atoms with E-state index in [-0.39, 0.29) is 0 Å². The lowest BCUT2D eigenvalue weighted by Gasteiger charge is -2.22. The molecule has 0 amide bonds. The van der Waals surface area contributed by atoms with Crippen LogP contribution in [0.4, 0.5) is 0 Å². The lowest BCUT2D eigenvalue weighted by Crippen LogP contribution is -2.36. The van der Waals surface area contributed by atoms with E-state index in [9.17, 15) is 0 Å². The summed E-state index contributed by atoms with van der Waals surface area (Å²) in [6, 6.07) is 1.60. The summed E-state index contributed by atoms with van der Waals surface area (Å²) in [6.45, 7) is 0. The second kappa shape index (κ2) is 5.91. The van der Waals surface area contributed by atoms with Crippen molar-refractivity contribution in [3.05, 3.63) is 28.2 Å². The van der Waals surface area contributed by atoms with Crippen molar-refractivity contribution in [3.63, 3.8) is 0 Å². The van der Waals surface area contributed by atoms with Crippen molar-refractivity contribution in [1.29, 1.82) is 0 Å². The molecule has 2 N–H and O–H groups in total. The summed E-state index contributed by atoms with van der Waals surface area (Å²) < 4.78 is 5.38. The van der Waals surface area contributed by atoms with Crippen LogP contribution in [0.25, 0.3) is 11.5 Å². The highest BCUT2D eigenvalue weighted by Gasteiger charge is 2.34. The number of halogens is 2. The zero-order valence-electron chi connectivity index (χ0n) is 11.5. The molecule has 1 saturated carbocycles. The van der Waals surface area contributed by atoms with Gasteiger partial charge in [-0.3, -0.25) is 0 Å². The SMILES string of the molecule is NC1(c2nc(-c3ncc(Cl)cc3Cl)no2)CCCCCC1. The first-order valence-electron chi connectivity index (χ1n) is 7.03. The Bertz CT molecular complexity index is 636. The van der Waals surface area contributed by atoms with Crippen molar-refractivity contribution in [2.24, 2.45) is 5.73 Å². The van der Waals surface area contributed by atoms with Crippen molar-refractivity contribution in [3.8, 4) is 11.5 Å². The molecule has 0 spiro atoms.